The average Bonchev–Trinajstić information content (AvgIpc) is 3.27. The lowest BCUT2D eigenvalue weighted by Gasteiger charge is -2.33. The van der Waals surface area contributed by atoms with Crippen LogP contribution in [0.4, 0.5) is 4.79 Å². The fourth-order valence-electron chi connectivity index (χ4n) is 4.30. The van der Waals surface area contributed by atoms with Crippen molar-refractivity contribution in [3.63, 3.8) is 0 Å². The van der Waals surface area contributed by atoms with Crippen LogP contribution in [-0.2, 0) is 26.0 Å². The van der Waals surface area contributed by atoms with Crippen LogP contribution in [0.1, 0.15) is 29.8 Å². The molecule has 1 saturated heterocycles. The molecule has 1 fully saturated rings. The van der Waals surface area contributed by atoms with Gasteiger partial charge in [-0.1, -0.05) is 23.5 Å². The van der Waals surface area contributed by atoms with Gasteiger partial charge in [0.25, 0.3) is 5.91 Å². The van der Waals surface area contributed by atoms with E-state index in [9.17, 15) is 18.0 Å². The predicted octanol–water partition coefficient (Wildman–Crippen LogP) is 3.25. The Bertz CT molecular complexity index is 1470. The van der Waals surface area contributed by atoms with Gasteiger partial charge in [0.1, 0.15) is 0 Å². The lowest BCUT2D eigenvalue weighted by atomic mass is 10.2. The van der Waals surface area contributed by atoms with Crippen molar-refractivity contribution in [3.05, 3.63) is 58.4 Å². The highest BCUT2D eigenvalue weighted by molar-refractivity contribution is 7.89. The highest BCUT2D eigenvalue weighted by Gasteiger charge is 2.30. The molecule has 10 nitrogen and oxygen atoms in total. The summed E-state index contributed by atoms with van der Waals surface area (Å²) >= 11 is 1.43. The van der Waals surface area contributed by atoms with Gasteiger partial charge >= 0.3 is 6.09 Å². The third-order valence-electron chi connectivity index (χ3n) is 6.27. The van der Waals surface area contributed by atoms with Crippen molar-refractivity contribution in [2.24, 2.45) is 4.99 Å². The van der Waals surface area contributed by atoms with E-state index in [-0.39, 0.29) is 37.7 Å². The zero-order valence-electron chi connectivity index (χ0n) is 21.8. The number of benzene rings is 2. The first-order valence-electron chi connectivity index (χ1n) is 12.5. The van der Waals surface area contributed by atoms with Crippen LogP contribution in [0.2, 0.25) is 0 Å². The van der Waals surface area contributed by atoms with Gasteiger partial charge in [0.05, 0.1) is 28.3 Å². The summed E-state index contributed by atoms with van der Waals surface area (Å²) in [4.78, 5) is 31.5. The molecule has 0 spiro atoms. The Kier molecular flexibility index (Phi) is 8.98. The minimum Gasteiger partial charge on any atom is -0.450 e. The molecule has 0 N–H and O–H groups in total. The number of aryl methyl sites for hydroxylation is 1. The quantitative estimate of drug-likeness (QED) is 0.391. The number of amides is 2. The van der Waals surface area contributed by atoms with Crippen molar-refractivity contribution >= 4 is 43.6 Å². The number of piperazine rings is 1. The SMILES string of the molecule is CCOCCn1c(=NC(=O)c2ccc(S(=O)(=O)N3CCN(C(=O)OCC)CC3)cc2)sc2cccc(C)c21. The Morgan fingerprint density at radius 2 is 1.71 bits per heavy atom. The largest absolute Gasteiger partial charge is 0.450 e. The number of thiazole rings is 1. The summed E-state index contributed by atoms with van der Waals surface area (Å²) in [7, 11) is -3.77. The van der Waals surface area contributed by atoms with E-state index in [1.54, 1.807) is 6.92 Å². The van der Waals surface area contributed by atoms with E-state index in [1.165, 1.54) is 44.8 Å². The number of rotatable bonds is 8. The van der Waals surface area contributed by atoms with Gasteiger partial charge < -0.3 is 18.9 Å². The Morgan fingerprint density at radius 1 is 1.00 bits per heavy atom. The number of nitrogens with zero attached hydrogens (tertiary/aromatic N) is 4. The molecule has 0 bridgehead atoms. The number of para-hydroxylation sites is 1. The number of ether oxygens (including phenoxy) is 2. The molecule has 204 valence electrons. The number of aromatic nitrogens is 1. The van der Waals surface area contributed by atoms with Gasteiger partial charge in [0, 0.05) is 44.9 Å². The molecule has 1 aliphatic rings. The Labute approximate surface area is 226 Å². The molecule has 0 aliphatic carbocycles. The fourth-order valence-corrected chi connectivity index (χ4v) is 6.85. The number of sulfonamides is 1. The predicted molar refractivity (Wildman–Crippen MR) is 145 cm³/mol. The van der Waals surface area contributed by atoms with Gasteiger partial charge in [0.2, 0.25) is 10.0 Å². The van der Waals surface area contributed by atoms with Gasteiger partial charge in [-0.25, -0.2) is 13.2 Å². The Balaban J connectivity index is 1.53. The molecule has 0 atom stereocenters. The highest BCUT2D eigenvalue weighted by atomic mass is 32.2. The van der Waals surface area contributed by atoms with Crippen molar-refractivity contribution in [3.8, 4) is 0 Å². The zero-order chi connectivity index (χ0) is 27.3. The third-order valence-corrected chi connectivity index (χ3v) is 9.22. The minimum absolute atomic E-state index is 0.0860. The maximum absolute atomic E-state index is 13.1. The van der Waals surface area contributed by atoms with Crippen LogP contribution in [0, 0.1) is 6.92 Å². The standard InChI is InChI=1S/C26H32N4O6S2/c1-4-35-18-17-30-23-19(3)7-6-8-22(23)37-25(30)27-24(31)20-9-11-21(12-10-20)38(33,34)29-15-13-28(14-16-29)26(32)36-5-2/h6-12H,4-5,13-18H2,1-3H3. The van der Waals surface area contributed by atoms with Crippen LogP contribution in [-0.4, -0.2) is 80.2 Å². The first-order chi connectivity index (χ1) is 18.3. The second kappa shape index (κ2) is 12.2. The molecule has 0 radical (unpaired) electrons. The molecule has 1 aliphatic heterocycles. The van der Waals surface area contributed by atoms with E-state index in [0.717, 1.165) is 15.8 Å². The maximum Gasteiger partial charge on any atom is 0.409 e. The van der Waals surface area contributed by atoms with Gasteiger partial charge in [-0.15, -0.1) is 0 Å². The molecule has 38 heavy (non-hydrogen) atoms. The van der Waals surface area contributed by atoms with Crippen molar-refractivity contribution in [2.75, 3.05) is 46.0 Å². The first-order valence-corrected chi connectivity index (χ1v) is 14.8. The summed E-state index contributed by atoms with van der Waals surface area (Å²) < 4.78 is 41.2. The van der Waals surface area contributed by atoms with Crippen molar-refractivity contribution < 1.29 is 27.5 Å². The van der Waals surface area contributed by atoms with Gasteiger partial charge in [-0.05, 0) is 56.7 Å². The second-order valence-electron chi connectivity index (χ2n) is 8.69. The third kappa shape index (κ3) is 5.98. The molecule has 1 aromatic heterocycles. The van der Waals surface area contributed by atoms with E-state index >= 15 is 0 Å². The van der Waals surface area contributed by atoms with E-state index in [0.29, 0.717) is 30.1 Å². The topological polar surface area (TPSA) is 111 Å². The van der Waals surface area contributed by atoms with Crippen LogP contribution in [0.15, 0.2) is 52.4 Å². The average molecular weight is 561 g/mol. The number of carbonyl (C=O) groups excluding carboxylic acids is 2. The van der Waals surface area contributed by atoms with Crippen LogP contribution in [0.3, 0.4) is 0 Å². The molecular weight excluding hydrogens is 528 g/mol. The lowest BCUT2D eigenvalue weighted by Crippen LogP contribution is -2.50. The van der Waals surface area contributed by atoms with E-state index < -0.39 is 22.0 Å². The number of carbonyl (C=O) groups is 2. The van der Waals surface area contributed by atoms with Crippen LogP contribution in [0.5, 0.6) is 0 Å². The molecule has 0 saturated carbocycles. The van der Waals surface area contributed by atoms with Crippen LogP contribution in [0.25, 0.3) is 10.2 Å². The molecule has 3 aromatic rings. The molecular formula is C26H32N4O6S2. The minimum atomic E-state index is -3.77. The van der Waals surface area contributed by atoms with E-state index in [1.807, 2.05) is 36.6 Å². The summed E-state index contributed by atoms with van der Waals surface area (Å²) in [5.74, 6) is -0.452. The molecule has 2 amide bonds. The molecule has 2 heterocycles. The van der Waals surface area contributed by atoms with Crippen molar-refractivity contribution in [1.82, 2.24) is 13.8 Å². The summed E-state index contributed by atoms with van der Waals surface area (Å²) in [6, 6.07) is 11.8. The highest BCUT2D eigenvalue weighted by Crippen LogP contribution is 2.22. The van der Waals surface area contributed by atoms with Gasteiger partial charge in [-0.3, -0.25) is 4.79 Å². The zero-order valence-corrected chi connectivity index (χ0v) is 23.4. The molecule has 0 unspecified atom stereocenters. The van der Waals surface area contributed by atoms with Crippen LogP contribution >= 0.6 is 11.3 Å². The molecule has 12 heteroatoms. The Morgan fingerprint density at radius 3 is 2.37 bits per heavy atom. The fraction of sp³-hybridized carbons (Fsp3) is 0.423. The van der Waals surface area contributed by atoms with Crippen molar-refractivity contribution in [2.45, 2.75) is 32.2 Å². The van der Waals surface area contributed by atoms with E-state index in [2.05, 4.69) is 4.99 Å². The lowest BCUT2D eigenvalue weighted by molar-refractivity contribution is 0.0933. The summed E-state index contributed by atoms with van der Waals surface area (Å²) in [5, 5.41) is 0. The number of fused-ring (bicyclic) bond motifs is 1. The first kappa shape index (κ1) is 28.0. The van der Waals surface area contributed by atoms with Crippen molar-refractivity contribution in [1.29, 1.82) is 0 Å². The summed E-state index contributed by atoms with van der Waals surface area (Å²) in [5.41, 5.74) is 2.40. The smallest absolute Gasteiger partial charge is 0.409 e. The number of hydrogen-bond acceptors (Lipinski definition) is 7. The summed E-state index contributed by atoms with van der Waals surface area (Å²) in [6.07, 6.45) is -0.441. The van der Waals surface area contributed by atoms with Gasteiger partial charge in [0.15, 0.2) is 4.80 Å². The summed E-state index contributed by atoms with van der Waals surface area (Å²) in [6.45, 7) is 8.46. The second-order valence-corrected chi connectivity index (χ2v) is 11.6. The molecule has 2 aromatic carbocycles. The van der Waals surface area contributed by atoms with Gasteiger partial charge in [-0.2, -0.15) is 9.30 Å². The van der Waals surface area contributed by atoms with E-state index in [4.69, 9.17) is 9.47 Å². The normalized spacial score (nSPS) is 15.2. The monoisotopic (exact) mass is 560 g/mol. The Hall–Kier alpha value is -3.06. The number of hydrogen-bond donors (Lipinski definition) is 0. The van der Waals surface area contributed by atoms with Crippen LogP contribution < -0.4 is 4.80 Å². The maximum atomic E-state index is 13.1. The molecule has 4 rings (SSSR count).